The van der Waals surface area contributed by atoms with Gasteiger partial charge in [-0.25, -0.2) is 0 Å². The second kappa shape index (κ2) is 6.08. The summed E-state index contributed by atoms with van der Waals surface area (Å²) in [4.78, 5) is 5.34. The Bertz CT molecular complexity index is 560. The summed E-state index contributed by atoms with van der Waals surface area (Å²) >= 11 is 1.89. The number of aromatic nitrogens is 2. The normalized spacial score (nSPS) is 19.8. The van der Waals surface area contributed by atoms with Crippen LogP contribution in [0.3, 0.4) is 0 Å². The Morgan fingerprint density at radius 1 is 1.45 bits per heavy atom. The molecule has 0 aliphatic carbocycles. The van der Waals surface area contributed by atoms with Gasteiger partial charge in [0.2, 0.25) is 0 Å². The summed E-state index contributed by atoms with van der Waals surface area (Å²) in [7, 11) is 4.01. The topological polar surface area (TPSA) is 33.1 Å². The van der Waals surface area contributed by atoms with Crippen LogP contribution in [0.2, 0.25) is 0 Å². The van der Waals surface area contributed by atoms with Gasteiger partial charge in [0.05, 0.1) is 6.20 Å². The molecule has 20 heavy (non-hydrogen) atoms. The van der Waals surface area contributed by atoms with Gasteiger partial charge < -0.3 is 5.32 Å². The molecule has 1 aliphatic rings. The van der Waals surface area contributed by atoms with E-state index >= 15 is 0 Å². The Morgan fingerprint density at radius 3 is 3.10 bits per heavy atom. The van der Waals surface area contributed by atoms with Crippen LogP contribution in [0.1, 0.15) is 11.3 Å². The Morgan fingerprint density at radius 2 is 2.35 bits per heavy atom. The van der Waals surface area contributed by atoms with Crippen molar-refractivity contribution in [3.8, 4) is 10.4 Å². The fourth-order valence-corrected chi connectivity index (χ4v) is 3.92. The number of rotatable bonds is 5. The third kappa shape index (κ3) is 3.11. The van der Waals surface area contributed by atoms with E-state index in [2.05, 4.69) is 33.6 Å². The molecule has 3 heterocycles. The van der Waals surface area contributed by atoms with Crippen LogP contribution in [0.5, 0.6) is 0 Å². The zero-order valence-corrected chi connectivity index (χ0v) is 13.0. The Hall–Kier alpha value is -1.17. The van der Waals surface area contributed by atoms with Crippen molar-refractivity contribution in [3.63, 3.8) is 0 Å². The minimum Gasteiger partial charge on any atom is -0.319 e. The number of hydrogen-bond acceptors (Lipinski definition) is 4. The maximum absolute atomic E-state index is 4.24. The fraction of sp³-hybridized carbons (Fsp3) is 0.533. The standard InChI is InChI=1S/C15H22N4S/c1-16-7-12-5-6-19(9-12)11-14-3-4-15(20-14)13-8-17-18(2)10-13/h3-4,8,10,12,16H,5-7,9,11H2,1-2H3. The van der Waals surface area contributed by atoms with Crippen LogP contribution >= 0.6 is 11.3 Å². The predicted molar refractivity (Wildman–Crippen MR) is 83.8 cm³/mol. The van der Waals surface area contributed by atoms with E-state index < -0.39 is 0 Å². The predicted octanol–water partition coefficient (Wildman–Crippen LogP) is 2.19. The van der Waals surface area contributed by atoms with Crippen LogP contribution in [-0.2, 0) is 13.6 Å². The van der Waals surface area contributed by atoms with E-state index in [0.717, 1.165) is 19.0 Å². The van der Waals surface area contributed by atoms with Gasteiger partial charge in [-0.1, -0.05) is 0 Å². The highest BCUT2D eigenvalue weighted by atomic mass is 32.1. The van der Waals surface area contributed by atoms with Gasteiger partial charge in [-0.15, -0.1) is 11.3 Å². The largest absolute Gasteiger partial charge is 0.319 e. The molecule has 5 heteroatoms. The summed E-state index contributed by atoms with van der Waals surface area (Å²) in [5.74, 6) is 0.817. The number of hydrogen-bond donors (Lipinski definition) is 1. The zero-order chi connectivity index (χ0) is 13.9. The molecular formula is C15H22N4S. The average molecular weight is 290 g/mol. The Balaban J connectivity index is 1.61. The quantitative estimate of drug-likeness (QED) is 0.916. The van der Waals surface area contributed by atoms with Crippen LogP contribution in [0, 0.1) is 5.92 Å². The summed E-state index contributed by atoms with van der Waals surface area (Å²) in [6.45, 7) is 4.68. The molecule has 1 N–H and O–H groups in total. The van der Waals surface area contributed by atoms with Gasteiger partial charge >= 0.3 is 0 Å². The molecule has 0 amide bonds. The highest BCUT2D eigenvalue weighted by Gasteiger charge is 2.22. The first-order valence-corrected chi connectivity index (χ1v) is 8.01. The monoisotopic (exact) mass is 290 g/mol. The van der Waals surface area contributed by atoms with E-state index in [-0.39, 0.29) is 0 Å². The lowest BCUT2D eigenvalue weighted by molar-refractivity contribution is 0.318. The van der Waals surface area contributed by atoms with E-state index in [0.29, 0.717) is 0 Å². The van der Waals surface area contributed by atoms with Crippen molar-refractivity contribution < 1.29 is 0 Å². The SMILES string of the molecule is CNCC1CCN(Cc2ccc(-c3cnn(C)c3)s2)C1. The van der Waals surface area contributed by atoms with Crippen molar-refractivity contribution in [3.05, 3.63) is 29.4 Å². The van der Waals surface area contributed by atoms with E-state index in [1.54, 1.807) is 0 Å². The second-order valence-corrected chi connectivity index (χ2v) is 6.78. The van der Waals surface area contributed by atoms with Gasteiger partial charge in [0.25, 0.3) is 0 Å². The maximum Gasteiger partial charge on any atom is 0.0576 e. The summed E-state index contributed by atoms with van der Waals surface area (Å²) in [6, 6.07) is 4.48. The Kier molecular flexibility index (Phi) is 4.19. The third-order valence-electron chi connectivity index (χ3n) is 3.89. The second-order valence-electron chi connectivity index (χ2n) is 5.62. The van der Waals surface area contributed by atoms with Crippen LogP contribution in [0.15, 0.2) is 24.5 Å². The van der Waals surface area contributed by atoms with Gasteiger partial charge in [-0.3, -0.25) is 9.58 Å². The molecule has 2 aromatic rings. The first-order valence-electron chi connectivity index (χ1n) is 7.19. The van der Waals surface area contributed by atoms with Gasteiger partial charge in [0.1, 0.15) is 0 Å². The van der Waals surface area contributed by atoms with Gasteiger partial charge in [0, 0.05) is 41.7 Å². The molecule has 0 spiro atoms. The lowest BCUT2D eigenvalue weighted by Gasteiger charge is -2.14. The molecular weight excluding hydrogens is 268 g/mol. The minimum atomic E-state index is 0.817. The maximum atomic E-state index is 4.24. The molecule has 1 unspecified atom stereocenters. The molecule has 1 atom stereocenters. The smallest absolute Gasteiger partial charge is 0.0576 e. The van der Waals surface area contributed by atoms with Crippen molar-refractivity contribution >= 4 is 11.3 Å². The van der Waals surface area contributed by atoms with E-state index in [9.17, 15) is 0 Å². The molecule has 3 rings (SSSR count). The van der Waals surface area contributed by atoms with Gasteiger partial charge in [-0.05, 0) is 44.6 Å². The van der Waals surface area contributed by atoms with Gasteiger partial charge in [0.15, 0.2) is 0 Å². The molecule has 108 valence electrons. The minimum absolute atomic E-state index is 0.817. The highest BCUT2D eigenvalue weighted by molar-refractivity contribution is 7.15. The first kappa shape index (κ1) is 13.8. The molecule has 2 aromatic heterocycles. The van der Waals surface area contributed by atoms with Crippen molar-refractivity contribution in [1.29, 1.82) is 0 Å². The van der Waals surface area contributed by atoms with Crippen LogP contribution in [0.4, 0.5) is 0 Å². The number of aryl methyl sites for hydroxylation is 1. The molecule has 0 bridgehead atoms. The molecule has 0 aromatic carbocycles. The van der Waals surface area contributed by atoms with Crippen LogP contribution in [0.25, 0.3) is 10.4 Å². The van der Waals surface area contributed by atoms with Crippen LogP contribution in [-0.4, -0.2) is 41.4 Å². The number of nitrogens with one attached hydrogen (secondary N) is 1. The molecule has 0 radical (unpaired) electrons. The highest BCUT2D eigenvalue weighted by Crippen LogP contribution is 2.29. The van der Waals surface area contributed by atoms with Crippen molar-refractivity contribution in [2.24, 2.45) is 13.0 Å². The molecule has 1 fully saturated rings. The molecule has 1 aliphatic heterocycles. The van der Waals surface area contributed by atoms with Crippen molar-refractivity contribution in [2.75, 3.05) is 26.7 Å². The number of nitrogens with zero attached hydrogens (tertiary/aromatic N) is 3. The summed E-state index contributed by atoms with van der Waals surface area (Å²) in [5.41, 5.74) is 1.22. The van der Waals surface area contributed by atoms with Crippen molar-refractivity contribution in [2.45, 2.75) is 13.0 Å². The third-order valence-corrected chi connectivity index (χ3v) is 5.01. The van der Waals surface area contributed by atoms with E-state index in [1.165, 1.54) is 34.8 Å². The number of thiophene rings is 1. The Labute approximate surface area is 124 Å². The summed E-state index contributed by atoms with van der Waals surface area (Å²) < 4.78 is 1.86. The summed E-state index contributed by atoms with van der Waals surface area (Å²) in [6.07, 6.45) is 5.34. The van der Waals surface area contributed by atoms with E-state index in [1.807, 2.05) is 36.3 Å². The van der Waals surface area contributed by atoms with E-state index in [4.69, 9.17) is 0 Å². The van der Waals surface area contributed by atoms with Crippen molar-refractivity contribution in [1.82, 2.24) is 20.0 Å². The molecule has 1 saturated heterocycles. The molecule has 0 saturated carbocycles. The lowest BCUT2D eigenvalue weighted by atomic mass is 10.1. The summed E-state index contributed by atoms with van der Waals surface area (Å²) in [5, 5.41) is 7.53. The zero-order valence-electron chi connectivity index (χ0n) is 12.2. The number of likely N-dealkylation sites (tertiary alicyclic amines) is 1. The lowest BCUT2D eigenvalue weighted by Crippen LogP contribution is -2.24. The van der Waals surface area contributed by atoms with Gasteiger partial charge in [-0.2, -0.15) is 5.10 Å². The first-order chi connectivity index (χ1) is 9.74. The molecule has 4 nitrogen and oxygen atoms in total. The average Bonchev–Trinajstić information content (AvgIpc) is 3.12. The fourth-order valence-electron chi connectivity index (χ4n) is 2.90. The van der Waals surface area contributed by atoms with Crippen LogP contribution < -0.4 is 5.32 Å².